The second-order valence-corrected chi connectivity index (χ2v) is 8.58. The van der Waals surface area contributed by atoms with Crippen LogP contribution in [0.3, 0.4) is 0 Å². The minimum Gasteiger partial charge on any atom is -0.490 e. The van der Waals surface area contributed by atoms with E-state index >= 15 is 0 Å². The van der Waals surface area contributed by atoms with Gasteiger partial charge in [-0.25, -0.2) is 4.79 Å². The normalized spacial score (nSPS) is 29.0. The van der Waals surface area contributed by atoms with Crippen LogP contribution in [-0.4, -0.2) is 30.3 Å². The van der Waals surface area contributed by atoms with Gasteiger partial charge in [0.25, 0.3) is 0 Å². The maximum Gasteiger partial charge on any atom is 0.334 e. The highest BCUT2D eigenvalue weighted by molar-refractivity contribution is 5.91. The van der Waals surface area contributed by atoms with E-state index in [9.17, 15) is 9.59 Å². The molecule has 2 aliphatic heterocycles. The van der Waals surface area contributed by atoms with Crippen LogP contribution in [0.25, 0.3) is 11.0 Å². The number of esters is 2. The number of hydrogen-bond donors (Lipinski definition) is 0. The summed E-state index contributed by atoms with van der Waals surface area (Å²) in [5.41, 5.74) is 3.72. The van der Waals surface area contributed by atoms with Crippen LogP contribution in [-0.2, 0) is 30.2 Å². The lowest BCUT2D eigenvalue weighted by Crippen LogP contribution is -2.33. The lowest BCUT2D eigenvalue weighted by atomic mass is 9.85. The van der Waals surface area contributed by atoms with Gasteiger partial charge in [0.1, 0.15) is 29.7 Å². The standard InChI is InChI=1S/C26H24O6/c1-14-8-19-10-17(26(28)31-19)11-23-25(15(2)16(3)30-23)22(9-14)32-24(27)12-18-13-29-21-7-5-4-6-20(18)21/h4-7,9-10,13,19,22-23,25H,2-3,8,11-12H2,1H3/b14-9+/t19-,22-,23+,25+/m1/s1. The van der Waals surface area contributed by atoms with Gasteiger partial charge < -0.3 is 18.6 Å². The van der Waals surface area contributed by atoms with Crippen LogP contribution in [0.4, 0.5) is 0 Å². The molecule has 0 amide bonds. The average molecular weight is 432 g/mol. The molecule has 0 N–H and O–H groups in total. The summed E-state index contributed by atoms with van der Waals surface area (Å²) in [6.07, 6.45) is 5.03. The van der Waals surface area contributed by atoms with Crippen LogP contribution in [0, 0.1) is 5.92 Å². The summed E-state index contributed by atoms with van der Waals surface area (Å²) in [7, 11) is 0. The second-order valence-electron chi connectivity index (χ2n) is 8.58. The molecule has 3 aliphatic rings. The zero-order valence-electron chi connectivity index (χ0n) is 17.8. The van der Waals surface area contributed by atoms with Crippen molar-refractivity contribution in [2.45, 2.75) is 44.5 Å². The molecule has 1 aromatic heterocycles. The number of furan rings is 1. The molecule has 2 aromatic rings. The fourth-order valence-corrected chi connectivity index (χ4v) is 4.72. The molecule has 0 saturated carbocycles. The summed E-state index contributed by atoms with van der Waals surface area (Å²) < 4.78 is 22.9. The van der Waals surface area contributed by atoms with Crippen molar-refractivity contribution in [1.82, 2.24) is 0 Å². The van der Waals surface area contributed by atoms with Gasteiger partial charge in [0.2, 0.25) is 0 Å². The van der Waals surface area contributed by atoms with Crippen LogP contribution >= 0.6 is 0 Å². The molecule has 2 bridgehead atoms. The molecule has 32 heavy (non-hydrogen) atoms. The number of benzene rings is 1. The van der Waals surface area contributed by atoms with Crippen LogP contribution < -0.4 is 0 Å². The summed E-state index contributed by atoms with van der Waals surface area (Å²) >= 11 is 0. The van der Waals surface area contributed by atoms with E-state index in [0.29, 0.717) is 29.7 Å². The van der Waals surface area contributed by atoms with E-state index in [4.69, 9.17) is 18.6 Å². The van der Waals surface area contributed by atoms with E-state index in [1.54, 1.807) is 6.26 Å². The van der Waals surface area contributed by atoms with Crippen molar-refractivity contribution in [2.75, 3.05) is 0 Å². The number of carbonyl (C=O) groups is 2. The van der Waals surface area contributed by atoms with Crippen molar-refractivity contribution in [2.24, 2.45) is 5.92 Å². The first-order valence-electron chi connectivity index (χ1n) is 10.7. The van der Waals surface area contributed by atoms with Crippen LogP contribution in [0.1, 0.15) is 25.3 Å². The number of ether oxygens (including phenoxy) is 3. The fourth-order valence-electron chi connectivity index (χ4n) is 4.72. The lowest BCUT2D eigenvalue weighted by molar-refractivity contribution is -0.148. The molecule has 1 aromatic carbocycles. The molecule has 164 valence electrons. The molecule has 1 saturated heterocycles. The molecule has 4 atom stereocenters. The maximum atomic E-state index is 13.0. The minimum absolute atomic E-state index is 0.0848. The van der Waals surface area contributed by atoms with Crippen molar-refractivity contribution in [3.05, 3.63) is 83.9 Å². The Labute approximate surface area is 185 Å². The zero-order valence-corrected chi connectivity index (χ0v) is 17.8. The third kappa shape index (κ3) is 3.66. The van der Waals surface area contributed by atoms with Gasteiger partial charge >= 0.3 is 11.9 Å². The molecule has 1 aliphatic carbocycles. The predicted molar refractivity (Wildman–Crippen MR) is 117 cm³/mol. The Balaban J connectivity index is 1.43. The summed E-state index contributed by atoms with van der Waals surface area (Å²) in [5.74, 6) is -0.583. The van der Waals surface area contributed by atoms with Gasteiger partial charge in [0, 0.05) is 29.4 Å². The molecule has 1 fully saturated rings. The van der Waals surface area contributed by atoms with Crippen molar-refractivity contribution >= 4 is 22.9 Å². The summed E-state index contributed by atoms with van der Waals surface area (Å²) in [6.45, 7) is 10.0. The summed E-state index contributed by atoms with van der Waals surface area (Å²) in [5, 5.41) is 0.890. The predicted octanol–water partition coefficient (Wildman–Crippen LogP) is 4.56. The third-order valence-electron chi connectivity index (χ3n) is 6.27. The van der Waals surface area contributed by atoms with Gasteiger partial charge in [-0.15, -0.1) is 0 Å². The van der Waals surface area contributed by atoms with Gasteiger partial charge in [-0.05, 0) is 30.7 Å². The molecule has 0 radical (unpaired) electrons. The maximum absolute atomic E-state index is 13.0. The lowest BCUT2D eigenvalue weighted by Gasteiger charge is -2.26. The molecule has 5 rings (SSSR count). The van der Waals surface area contributed by atoms with Crippen LogP contribution in [0.15, 0.2) is 82.7 Å². The monoisotopic (exact) mass is 432 g/mol. The van der Waals surface area contributed by atoms with E-state index in [0.717, 1.165) is 22.1 Å². The second kappa shape index (κ2) is 7.86. The molecule has 6 nitrogen and oxygen atoms in total. The first-order chi connectivity index (χ1) is 15.4. The van der Waals surface area contributed by atoms with E-state index < -0.39 is 12.2 Å². The quantitative estimate of drug-likeness (QED) is 0.523. The number of allylic oxidation sites excluding steroid dienone is 1. The Hall–Kier alpha value is -3.54. The molecule has 6 heteroatoms. The summed E-state index contributed by atoms with van der Waals surface area (Å²) in [4.78, 5) is 25.3. The Morgan fingerprint density at radius 2 is 1.97 bits per heavy atom. The van der Waals surface area contributed by atoms with Crippen LogP contribution in [0.5, 0.6) is 0 Å². The van der Waals surface area contributed by atoms with Gasteiger partial charge in [-0.1, -0.05) is 36.9 Å². The number of carbonyl (C=O) groups excluding carboxylic acids is 2. The first kappa shape index (κ1) is 20.4. The molecule has 0 unspecified atom stereocenters. The molecular weight excluding hydrogens is 408 g/mol. The topological polar surface area (TPSA) is 75.0 Å². The largest absolute Gasteiger partial charge is 0.490 e. The molecular formula is C26H24O6. The van der Waals surface area contributed by atoms with Gasteiger partial charge in [0.05, 0.1) is 18.6 Å². The average Bonchev–Trinajstić information content (AvgIpc) is 3.38. The highest BCUT2D eigenvalue weighted by atomic mass is 16.6. The summed E-state index contributed by atoms with van der Waals surface area (Å²) in [6, 6.07) is 7.57. The van der Waals surface area contributed by atoms with E-state index in [1.165, 1.54) is 0 Å². The number of fused-ring (bicyclic) bond motifs is 3. The van der Waals surface area contributed by atoms with Crippen molar-refractivity contribution < 1.29 is 28.2 Å². The first-order valence-corrected chi connectivity index (χ1v) is 10.7. The van der Waals surface area contributed by atoms with E-state index in [-0.39, 0.29) is 30.4 Å². The minimum atomic E-state index is -0.592. The van der Waals surface area contributed by atoms with Gasteiger partial charge in [-0.3, -0.25) is 4.79 Å². The third-order valence-corrected chi connectivity index (χ3v) is 6.27. The Morgan fingerprint density at radius 1 is 1.16 bits per heavy atom. The van der Waals surface area contributed by atoms with Gasteiger partial charge in [0.15, 0.2) is 0 Å². The Bertz CT molecular complexity index is 1200. The number of hydrogen-bond acceptors (Lipinski definition) is 6. The highest BCUT2D eigenvalue weighted by Gasteiger charge is 2.44. The Morgan fingerprint density at radius 3 is 2.81 bits per heavy atom. The Kier molecular flexibility index (Phi) is 5.00. The SMILES string of the molecule is C=C1O[C@H]2CC3=C[C@@H](C/C(C)=C/[C@@H](OC(=O)Cc4coc5ccccc45)[C@@H]2C1=C)OC3=O. The van der Waals surface area contributed by atoms with Crippen molar-refractivity contribution in [3.63, 3.8) is 0 Å². The fraction of sp³-hybridized carbons (Fsp3) is 0.308. The number of rotatable bonds is 3. The van der Waals surface area contributed by atoms with E-state index in [2.05, 4.69) is 13.2 Å². The van der Waals surface area contributed by atoms with Crippen LogP contribution in [0.2, 0.25) is 0 Å². The smallest absolute Gasteiger partial charge is 0.334 e. The van der Waals surface area contributed by atoms with Gasteiger partial charge in [-0.2, -0.15) is 0 Å². The highest BCUT2D eigenvalue weighted by Crippen LogP contribution is 2.42. The van der Waals surface area contributed by atoms with E-state index in [1.807, 2.05) is 43.3 Å². The van der Waals surface area contributed by atoms with Crippen molar-refractivity contribution in [3.8, 4) is 0 Å². The zero-order chi connectivity index (χ0) is 22.4. The molecule has 0 spiro atoms. The number of para-hydroxylation sites is 1. The molecule has 3 heterocycles. The van der Waals surface area contributed by atoms with Crippen molar-refractivity contribution in [1.29, 1.82) is 0 Å².